The molecule has 6 nitrogen and oxygen atoms in total. The molecule has 1 N–H and O–H groups in total. The van der Waals surface area contributed by atoms with Gasteiger partial charge in [0, 0.05) is 25.1 Å². The highest BCUT2D eigenvalue weighted by Crippen LogP contribution is 2.25. The van der Waals surface area contributed by atoms with E-state index in [1.165, 1.54) is 6.07 Å². The summed E-state index contributed by atoms with van der Waals surface area (Å²) in [5.41, 5.74) is 0.752. The van der Waals surface area contributed by atoms with Crippen LogP contribution in [0.15, 0.2) is 53.1 Å². The molecule has 0 amide bonds. The number of halogens is 1. The Morgan fingerprint density at radius 1 is 1.27 bits per heavy atom. The maximum atomic E-state index is 12.1. The van der Waals surface area contributed by atoms with Crippen molar-refractivity contribution in [1.29, 1.82) is 0 Å². The van der Waals surface area contributed by atoms with Crippen LogP contribution in [0.25, 0.3) is 5.82 Å². The van der Waals surface area contributed by atoms with Gasteiger partial charge in [0.05, 0.1) is 4.34 Å². The molecule has 0 aliphatic heterocycles. The van der Waals surface area contributed by atoms with Crippen LogP contribution >= 0.6 is 22.9 Å². The van der Waals surface area contributed by atoms with E-state index in [1.807, 2.05) is 0 Å². The molecule has 114 valence electrons. The Labute approximate surface area is 136 Å². The molecule has 0 aliphatic rings. The first-order valence-electron chi connectivity index (χ1n) is 6.24. The second kappa shape index (κ2) is 6.17. The Morgan fingerprint density at radius 2 is 2.14 bits per heavy atom. The highest BCUT2D eigenvalue weighted by molar-refractivity contribution is 7.91. The monoisotopic (exact) mass is 354 g/mol. The Hall–Kier alpha value is -1.74. The van der Waals surface area contributed by atoms with E-state index in [0.717, 1.165) is 16.9 Å². The van der Waals surface area contributed by atoms with Crippen molar-refractivity contribution >= 4 is 33.0 Å². The summed E-state index contributed by atoms with van der Waals surface area (Å²) in [5, 5.41) is 4.07. The zero-order valence-corrected chi connectivity index (χ0v) is 13.6. The molecule has 0 aliphatic carbocycles. The van der Waals surface area contributed by atoms with E-state index in [0.29, 0.717) is 10.2 Å². The summed E-state index contributed by atoms with van der Waals surface area (Å²) in [5.74, 6) is 0.668. The second-order valence-corrected chi connectivity index (χ2v) is 8.07. The molecule has 0 unspecified atom stereocenters. The molecule has 0 aromatic carbocycles. The number of sulfonamides is 1. The highest BCUT2D eigenvalue weighted by Gasteiger charge is 2.16. The minimum absolute atomic E-state index is 0.157. The van der Waals surface area contributed by atoms with Gasteiger partial charge in [0.2, 0.25) is 10.0 Å². The van der Waals surface area contributed by atoms with Gasteiger partial charge in [0.25, 0.3) is 0 Å². The van der Waals surface area contributed by atoms with Gasteiger partial charge in [-0.2, -0.15) is 5.10 Å². The van der Waals surface area contributed by atoms with Crippen molar-refractivity contribution in [3.05, 3.63) is 58.8 Å². The third-order valence-corrected chi connectivity index (χ3v) is 5.95. The van der Waals surface area contributed by atoms with Crippen LogP contribution < -0.4 is 4.72 Å². The Bertz CT molecular complexity index is 858. The van der Waals surface area contributed by atoms with Crippen molar-refractivity contribution < 1.29 is 8.42 Å². The molecule has 0 saturated carbocycles. The first kappa shape index (κ1) is 15.2. The topological polar surface area (TPSA) is 76.9 Å². The van der Waals surface area contributed by atoms with Crippen molar-refractivity contribution in [2.75, 3.05) is 0 Å². The number of hydrogen-bond acceptors (Lipinski definition) is 5. The first-order valence-corrected chi connectivity index (χ1v) is 8.92. The summed E-state index contributed by atoms with van der Waals surface area (Å²) >= 11 is 6.78. The quantitative estimate of drug-likeness (QED) is 0.763. The molecule has 3 aromatic rings. The number of hydrogen-bond donors (Lipinski definition) is 1. The van der Waals surface area contributed by atoms with E-state index in [1.54, 1.807) is 47.5 Å². The van der Waals surface area contributed by atoms with Gasteiger partial charge in [-0.05, 0) is 29.8 Å². The van der Waals surface area contributed by atoms with Gasteiger partial charge >= 0.3 is 0 Å². The van der Waals surface area contributed by atoms with Crippen LogP contribution in [0, 0.1) is 0 Å². The van der Waals surface area contributed by atoms with E-state index in [4.69, 9.17) is 11.6 Å². The first-order chi connectivity index (χ1) is 10.5. The number of pyridine rings is 1. The molecule has 0 spiro atoms. The molecule has 3 heterocycles. The molecule has 3 aromatic heterocycles. The lowest BCUT2D eigenvalue weighted by Gasteiger charge is -2.06. The normalized spacial score (nSPS) is 11.7. The molecule has 0 saturated heterocycles. The molecule has 0 radical (unpaired) electrons. The molecule has 9 heteroatoms. The molecule has 0 bridgehead atoms. The fraction of sp³-hybridized carbons (Fsp3) is 0.0769. The van der Waals surface area contributed by atoms with E-state index in [2.05, 4.69) is 14.8 Å². The fourth-order valence-corrected chi connectivity index (χ4v) is 4.30. The molecule has 22 heavy (non-hydrogen) atoms. The minimum atomic E-state index is -3.55. The van der Waals surface area contributed by atoms with Crippen LogP contribution in [0.3, 0.4) is 0 Å². The number of thiophene rings is 1. The average Bonchev–Trinajstić information content (AvgIpc) is 3.17. The number of nitrogens with zero attached hydrogens (tertiary/aromatic N) is 3. The number of nitrogens with one attached hydrogen (secondary N) is 1. The predicted molar refractivity (Wildman–Crippen MR) is 84.7 cm³/mol. The van der Waals surface area contributed by atoms with Gasteiger partial charge in [-0.3, -0.25) is 0 Å². The van der Waals surface area contributed by atoms with Crippen molar-refractivity contribution in [3.8, 4) is 5.82 Å². The van der Waals surface area contributed by atoms with Crippen molar-refractivity contribution in [3.63, 3.8) is 0 Å². The Balaban J connectivity index is 1.69. The van der Waals surface area contributed by atoms with E-state index >= 15 is 0 Å². The van der Waals surface area contributed by atoms with Gasteiger partial charge in [-0.15, -0.1) is 11.3 Å². The summed E-state index contributed by atoms with van der Waals surface area (Å²) in [6.07, 6.45) is 5.06. The lowest BCUT2D eigenvalue weighted by Crippen LogP contribution is -2.22. The smallest absolute Gasteiger partial charge is 0.237 e. The van der Waals surface area contributed by atoms with Crippen LogP contribution in [0.1, 0.15) is 5.56 Å². The summed E-state index contributed by atoms with van der Waals surface area (Å²) in [7, 11) is -3.55. The molecule has 0 fully saturated rings. The van der Waals surface area contributed by atoms with Crippen molar-refractivity contribution in [1.82, 2.24) is 19.5 Å². The third kappa shape index (κ3) is 3.36. The van der Waals surface area contributed by atoms with E-state index in [-0.39, 0.29) is 10.8 Å². The maximum absolute atomic E-state index is 12.1. The van der Waals surface area contributed by atoms with Crippen molar-refractivity contribution in [2.24, 2.45) is 0 Å². The number of aromatic nitrogens is 3. The average molecular weight is 355 g/mol. The van der Waals surface area contributed by atoms with Gasteiger partial charge < -0.3 is 0 Å². The van der Waals surface area contributed by atoms with Gasteiger partial charge in [0.1, 0.15) is 4.21 Å². The fourth-order valence-electron chi connectivity index (χ4n) is 1.75. The summed E-state index contributed by atoms with van der Waals surface area (Å²) < 4.78 is 28.9. The molecule has 3 rings (SSSR count). The lowest BCUT2D eigenvalue weighted by atomic mass is 10.3. The summed E-state index contributed by atoms with van der Waals surface area (Å²) in [6, 6.07) is 8.41. The SMILES string of the molecule is O=S(=O)(NCc1ccc(-n2cccn2)nc1)c1ccc(Cl)s1. The third-order valence-electron chi connectivity index (χ3n) is 2.83. The minimum Gasteiger partial charge on any atom is -0.237 e. The van der Waals surface area contributed by atoms with Crippen LogP contribution in [0.4, 0.5) is 0 Å². The summed E-state index contributed by atoms with van der Waals surface area (Å²) in [6.45, 7) is 0.157. The predicted octanol–water partition coefficient (Wildman–Crippen LogP) is 2.46. The molecule has 0 atom stereocenters. The van der Waals surface area contributed by atoms with Crippen LogP contribution in [-0.2, 0) is 16.6 Å². The Morgan fingerprint density at radius 3 is 2.73 bits per heavy atom. The molecular formula is C13H11ClN4O2S2. The second-order valence-electron chi connectivity index (χ2n) is 4.36. The largest absolute Gasteiger partial charge is 0.250 e. The van der Waals surface area contributed by atoms with Crippen LogP contribution in [-0.4, -0.2) is 23.2 Å². The zero-order chi connectivity index (χ0) is 15.6. The van der Waals surface area contributed by atoms with Gasteiger partial charge in [0.15, 0.2) is 5.82 Å². The zero-order valence-electron chi connectivity index (χ0n) is 11.2. The molecular weight excluding hydrogens is 344 g/mol. The van der Waals surface area contributed by atoms with Crippen molar-refractivity contribution in [2.45, 2.75) is 10.8 Å². The Kier molecular flexibility index (Phi) is 4.25. The summed E-state index contributed by atoms with van der Waals surface area (Å²) in [4.78, 5) is 4.25. The van der Waals surface area contributed by atoms with Gasteiger partial charge in [-0.1, -0.05) is 17.7 Å². The van der Waals surface area contributed by atoms with Crippen LogP contribution in [0.5, 0.6) is 0 Å². The highest BCUT2D eigenvalue weighted by atomic mass is 35.5. The number of rotatable bonds is 5. The van der Waals surface area contributed by atoms with Gasteiger partial charge in [-0.25, -0.2) is 22.8 Å². The maximum Gasteiger partial charge on any atom is 0.250 e. The van der Waals surface area contributed by atoms with Crippen LogP contribution in [0.2, 0.25) is 4.34 Å². The lowest BCUT2D eigenvalue weighted by molar-refractivity contribution is 0.583. The standard InChI is InChI=1S/C13H11ClN4O2S2/c14-11-3-5-13(21-11)22(19,20)17-9-10-2-4-12(15-8-10)18-7-1-6-16-18/h1-8,17H,9H2. The van der Waals surface area contributed by atoms with E-state index < -0.39 is 10.0 Å². The van der Waals surface area contributed by atoms with E-state index in [9.17, 15) is 8.42 Å².